The lowest BCUT2D eigenvalue weighted by molar-refractivity contribution is 0.975. The summed E-state index contributed by atoms with van der Waals surface area (Å²) in [5, 5.41) is 3.29. The third-order valence-corrected chi connectivity index (χ3v) is 2.45. The minimum Gasteiger partial charge on any atom is -0.292 e. The Bertz CT molecular complexity index is 558. The quantitative estimate of drug-likeness (QED) is 0.639. The van der Waals surface area contributed by atoms with Gasteiger partial charge in [0.2, 0.25) is 0 Å². The molecule has 3 aromatic rings. The Labute approximate surface area is 87.4 Å². The van der Waals surface area contributed by atoms with Crippen LogP contribution in [0.3, 0.4) is 0 Å². The SMILES string of the molecule is Cc1cn2[nH]c(-c3ccccc3)cc2n1. The zero-order valence-corrected chi connectivity index (χ0v) is 8.44. The molecule has 0 radical (unpaired) electrons. The number of imidazole rings is 1. The van der Waals surface area contributed by atoms with Crippen molar-refractivity contribution in [2.45, 2.75) is 6.92 Å². The Kier molecular flexibility index (Phi) is 1.65. The summed E-state index contributed by atoms with van der Waals surface area (Å²) in [6, 6.07) is 12.3. The predicted molar refractivity (Wildman–Crippen MR) is 59.7 cm³/mol. The van der Waals surface area contributed by atoms with Crippen molar-refractivity contribution in [1.82, 2.24) is 14.6 Å². The van der Waals surface area contributed by atoms with E-state index in [0.29, 0.717) is 0 Å². The molecule has 0 amide bonds. The van der Waals surface area contributed by atoms with Gasteiger partial charge in [-0.15, -0.1) is 0 Å². The third-order valence-electron chi connectivity index (χ3n) is 2.45. The van der Waals surface area contributed by atoms with E-state index in [1.54, 1.807) is 0 Å². The lowest BCUT2D eigenvalue weighted by atomic mass is 10.2. The molecule has 0 bridgehead atoms. The van der Waals surface area contributed by atoms with Crippen molar-refractivity contribution in [3.63, 3.8) is 0 Å². The first-order valence-corrected chi connectivity index (χ1v) is 4.93. The molecule has 0 fully saturated rings. The number of H-pyrrole nitrogens is 1. The molecule has 3 nitrogen and oxygen atoms in total. The van der Waals surface area contributed by atoms with Crippen LogP contribution in [0.25, 0.3) is 16.9 Å². The molecule has 0 spiro atoms. The van der Waals surface area contributed by atoms with Crippen LogP contribution in [0.5, 0.6) is 0 Å². The fourth-order valence-corrected chi connectivity index (χ4v) is 1.76. The van der Waals surface area contributed by atoms with Gasteiger partial charge >= 0.3 is 0 Å². The topological polar surface area (TPSA) is 33.1 Å². The van der Waals surface area contributed by atoms with Crippen LogP contribution in [0.2, 0.25) is 0 Å². The first-order chi connectivity index (χ1) is 7.33. The summed E-state index contributed by atoms with van der Waals surface area (Å²) in [5.74, 6) is 0. The van der Waals surface area contributed by atoms with Crippen LogP contribution in [0.15, 0.2) is 42.6 Å². The second-order valence-corrected chi connectivity index (χ2v) is 3.65. The monoisotopic (exact) mass is 197 g/mol. The largest absolute Gasteiger partial charge is 0.292 e. The van der Waals surface area contributed by atoms with E-state index in [-0.39, 0.29) is 0 Å². The van der Waals surface area contributed by atoms with Gasteiger partial charge in [0.15, 0.2) is 5.65 Å². The van der Waals surface area contributed by atoms with E-state index in [9.17, 15) is 0 Å². The fourth-order valence-electron chi connectivity index (χ4n) is 1.76. The van der Waals surface area contributed by atoms with Gasteiger partial charge in [-0.1, -0.05) is 30.3 Å². The minimum atomic E-state index is 0.964. The van der Waals surface area contributed by atoms with Crippen LogP contribution >= 0.6 is 0 Å². The number of nitrogens with one attached hydrogen (secondary N) is 1. The molecule has 0 atom stereocenters. The van der Waals surface area contributed by atoms with Gasteiger partial charge in [-0.05, 0) is 12.5 Å². The van der Waals surface area contributed by atoms with Crippen LogP contribution in [0.1, 0.15) is 5.69 Å². The summed E-state index contributed by atoms with van der Waals surface area (Å²) >= 11 is 0. The maximum atomic E-state index is 4.39. The summed E-state index contributed by atoms with van der Waals surface area (Å²) in [6.45, 7) is 1.99. The maximum Gasteiger partial charge on any atom is 0.153 e. The molecule has 3 rings (SSSR count). The Hall–Kier alpha value is -2.03. The van der Waals surface area contributed by atoms with Crippen molar-refractivity contribution >= 4 is 5.65 Å². The number of hydrogen-bond acceptors (Lipinski definition) is 1. The molecular weight excluding hydrogens is 186 g/mol. The van der Waals surface area contributed by atoms with Gasteiger partial charge in [0.05, 0.1) is 11.4 Å². The highest BCUT2D eigenvalue weighted by molar-refractivity contribution is 5.64. The van der Waals surface area contributed by atoms with Gasteiger partial charge in [-0.3, -0.25) is 5.10 Å². The van der Waals surface area contributed by atoms with E-state index in [1.165, 1.54) is 5.56 Å². The molecule has 0 aliphatic carbocycles. The second kappa shape index (κ2) is 2.98. The van der Waals surface area contributed by atoms with E-state index in [1.807, 2.05) is 35.8 Å². The van der Waals surface area contributed by atoms with E-state index in [4.69, 9.17) is 0 Å². The molecule has 3 heteroatoms. The first-order valence-electron chi connectivity index (χ1n) is 4.93. The Morgan fingerprint density at radius 1 is 1.20 bits per heavy atom. The standard InChI is InChI=1S/C12H11N3/c1-9-8-15-12(13-9)7-11(14-15)10-5-3-2-4-6-10/h2-8,14H,1H3. The third kappa shape index (κ3) is 1.32. The zero-order valence-electron chi connectivity index (χ0n) is 8.44. The van der Waals surface area contributed by atoms with Crippen molar-refractivity contribution in [2.75, 3.05) is 0 Å². The summed E-state index contributed by atoms with van der Waals surface area (Å²) < 4.78 is 1.94. The number of rotatable bonds is 1. The van der Waals surface area contributed by atoms with Crippen LogP contribution in [-0.2, 0) is 0 Å². The summed E-state index contributed by atoms with van der Waals surface area (Å²) in [6.07, 6.45) is 1.99. The summed E-state index contributed by atoms with van der Waals surface area (Å²) in [4.78, 5) is 4.39. The number of benzene rings is 1. The van der Waals surface area contributed by atoms with E-state index < -0.39 is 0 Å². The zero-order chi connectivity index (χ0) is 10.3. The Morgan fingerprint density at radius 3 is 2.73 bits per heavy atom. The van der Waals surface area contributed by atoms with E-state index >= 15 is 0 Å². The van der Waals surface area contributed by atoms with E-state index in [2.05, 4.69) is 28.3 Å². The molecule has 1 aromatic carbocycles. The number of aromatic amines is 1. The first kappa shape index (κ1) is 8.29. The highest BCUT2D eigenvalue weighted by atomic mass is 15.3. The molecular formula is C12H11N3. The van der Waals surface area contributed by atoms with Crippen LogP contribution in [-0.4, -0.2) is 14.6 Å². The number of aromatic nitrogens is 3. The van der Waals surface area contributed by atoms with Crippen molar-refractivity contribution < 1.29 is 0 Å². The van der Waals surface area contributed by atoms with Gasteiger partial charge in [0.25, 0.3) is 0 Å². The summed E-state index contributed by atoms with van der Waals surface area (Å²) in [7, 11) is 0. The molecule has 0 aliphatic heterocycles. The van der Waals surface area contributed by atoms with Gasteiger partial charge in [0.1, 0.15) is 0 Å². The van der Waals surface area contributed by atoms with Crippen molar-refractivity contribution in [2.24, 2.45) is 0 Å². The molecule has 0 saturated carbocycles. The average Bonchev–Trinajstić information content (AvgIpc) is 2.76. The van der Waals surface area contributed by atoms with Crippen LogP contribution in [0.4, 0.5) is 0 Å². The number of nitrogens with zero attached hydrogens (tertiary/aromatic N) is 2. The highest BCUT2D eigenvalue weighted by Gasteiger charge is 2.04. The molecule has 2 heterocycles. The second-order valence-electron chi connectivity index (χ2n) is 3.65. The molecule has 0 aliphatic rings. The average molecular weight is 197 g/mol. The normalized spacial score (nSPS) is 11.0. The fraction of sp³-hybridized carbons (Fsp3) is 0.0833. The highest BCUT2D eigenvalue weighted by Crippen LogP contribution is 2.18. The van der Waals surface area contributed by atoms with E-state index in [0.717, 1.165) is 17.0 Å². The smallest absolute Gasteiger partial charge is 0.153 e. The van der Waals surface area contributed by atoms with Crippen molar-refractivity contribution in [1.29, 1.82) is 0 Å². The molecule has 2 aromatic heterocycles. The maximum absolute atomic E-state index is 4.39. The number of fused-ring (bicyclic) bond motifs is 1. The number of hydrogen-bond donors (Lipinski definition) is 1. The van der Waals surface area contributed by atoms with Crippen molar-refractivity contribution in [3.8, 4) is 11.3 Å². The number of aryl methyl sites for hydroxylation is 1. The lowest BCUT2D eigenvalue weighted by Gasteiger charge is -1.94. The minimum absolute atomic E-state index is 0.964. The Morgan fingerprint density at radius 2 is 2.00 bits per heavy atom. The molecule has 15 heavy (non-hydrogen) atoms. The molecule has 1 N–H and O–H groups in total. The van der Waals surface area contributed by atoms with Crippen LogP contribution < -0.4 is 0 Å². The molecule has 74 valence electrons. The van der Waals surface area contributed by atoms with Crippen molar-refractivity contribution in [3.05, 3.63) is 48.3 Å². The van der Waals surface area contributed by atoms with Gasteiger partial charge in [-0.25, -0.2) is 9.50 Å². The van der Waals surface area contributed by atoms with Gasteiger partial charge in [-0.2, -0.15) is 0 Å². The molecule has 0 unspecified atom stereocenters. The van der Waals surface area contributed by atoms with Gasteiger partial charge < -0.3 is 0 Å². The molecule has 0 saturated heterocycles. The van der Waals surface area contributed by atoms with Crippen LogP contribution in [0, 0.1) is 6.92 Å². The summed E-state index contributed by atoms with van der Waals surface area (Å²) in [5.41, 5.74) is 4.27. The van der Waals surface area contributed by atoms with Gasteiger partial charge in [0, 0.05) is 12.3 Å². The lowest BCUT2D eigenvalue weighted by Crippen LogP contribution is -1.81. The predicted octanol–water partition coefficient (Wildman–Crippen LogP) is 2.64. The Balaban J connectivity index is 2.16.